The second kappa shape index (κ2) is 6.61. The van der Waals surface area contributed by atoms with Gasteiger partial charge in [-0.1, -0.05) is 23.7 Å². The summed E-state index contributed by atoms with van der Waals surface area (Å²) in [6, 6.07) is 8.80. The third-order valence-electron chi connectivity index (χ3n) is 4.41. The Balaban J connectivity index is 1.89. The SMILES string of the molecule is Cc1ccncc1NC(=O)[C@@H]1CC(=O)N(C)[C@@H]1c1cccc(Cl)c1. The molecule has 0 saturated carbocycles. The van der Waals surface area contributed by atoms with Crippen molar-refractivity contribution < 1.29 is 9.59 Å². The van der Waals surface area contributed by atoms with E-state index in [0.29, 0.717) is 10.7 Å². The van der Waals surface area contributed by atoms with Crippen molar-refractivity contribution in [1.29, 1.82) is 0 Å². The molecule has 1 aromatic carbocycles. The number of aromatic nitrogens is 1. The maximum atomic E-state index is 12.8. The Morgan fingerprint density at radius 2 is 2.17 bits per heavy atom. The van der Waals surface area contributed by atoms with E-state index < -0.39 is 5.92 Å². The number of pyridine rings is 1. The van der Waals surface area contributed by atoms with Crippen LogP contribution in [0.2, 0.25) is 5.02 Å². The highest BCUT2D eigenvalue weighted by molar-refractivity contribution is 6.30. The predicted molar refractivity (Wildman–Crippen MR) is 92.7 cm³/mol. The maximum absolute atomic E-state index is 12.8. The molecule has 6 heteroatoms. The molecule has 124 valence electrons. The van der Waals surface area contributed by atoms with Crippen LogP contribution in [0.3, 0.4) is 0 Å². The number of benzene rings is 1. The highest BCUT2D eigenvalue weighted by atomic mass is 35.5. The molecule has 3 rings (SSSR count). The van der Waals surface area contributed by atoms with Crippen molar-refractivity contribution in [2.75, 3.05) is 12.4 Å². The Morgan fingerprint density at radius 1 is 1.38 bits per heavy atom. The van der Waals surface area contributed by atoms with Gasteiger partial charge < -0.3 is 10.2 Å². The Bertz CT molecular complexity index is 793. The number of aryl methyl sites for hydroxylation is 1. The topological polar surface area (TPSA) is 62.3 Å². The summed E-state index contributed by atoms with van der Waals surface area (Å²) in [5.74, 6) is -0.711. The lowest BCUT2D eigenvalue weighted by atomic mass is 9.93. The average molecular weight is 344 g/mol. The van der Waals surface area contributed by atoms with Crippen LogP contribution in [0.1, 0.15) is 23.6 Å². The van der Waals surface area contributed by atoms with Gasteiger partial charge in [0.1, 0.15) is 0 Å². The molecule has 1 aromatic heterocycles. The van der Waals surface area contributed by atoms with E-state index in [2.05, 4.69) is 10.3 Å². The van der Waals surface area contributed by atoms with Crippen LogP contribution in [0.5, 0.6) is 0 Å². The summed E-state index contributed by atoms with van der Waals surface area (Å²) in [5, 5.41) is 3.48. The number of anilines is 1. The van der Waals surface area contributed by atoms with E-state index in [4.69, 9.17) is 11.6 Å². The smallest absolute Gasteiger partial charge is 0.230 e. The normalized spacial score (nSPS) is 20.3. The number of hydrogen-bond acceptors (Lipinski definition) is 3. The largest absolute Gasteiger partial charge is 0.338 e. The minimum absolute atomic E-state index is 0.0527. The lowest BCUT2D eigenvalue weighted by molar-refractivity contribution is -0.127. The Kier molecular flexibility index (Phi) is 4.53. The first kappa shape index (κ1) is 16.5. The number of carbonyl (C=O) groups excluding carboxylic acids is 2. The lowest BCUT2D eigenvalue weighted by Crippen LogP contribution is -2.30. The highest BCUT2D eigenvalue weighted by Gasteiger charge is 2.42. The van der Waals surface area contributed by atoms with Gasteiger partial charge in [-0.05, 0) is 36.2 Å². The van der Waals surface area contributed by atoms with Crippen molar-refractivity contribution >= 4 is 29.1 Å². The van der Waals surface area contributed by atoms with Crippen molar-refractivity contribution in [3.8, 4) is 0 Å². The van der Waals surface area contributed by atoms with Gasteiger partial charge in [0, 0.05) is 24.7 Å². The minimum atomic E-state index is -0.472. The third-order valence-corrected chi connectivity index (χ3v) is 4.65. The summed E-state index contributed by atoms with van der Waals surface area (Å²) in [6.45, 7) is 1.90. The van der Waals surface area contributed by atoms with Crippen LogP contribution < -0.4 is 5.32 Å². The molecule has 1 saturated heterocycles. The number of carbonyl (C=O) groups is 2. The van der Waals surface area contributed by atoms with Crippen LogP contribution >= 0.6 is 11.6 Å². The second-order valence-electron chi connectivity index (χ2n) is 5.99. The van der Waals surface area contributed by atoms with Gasteiger partial charge in [0.25, 0.3) is 0 Å². The number of nitrogens with one attached hydrogen (secondary N) is 1. The van der Waals surface area contributed by atoms with E-state index >= 15 is 0 Å². The van der Waals surface area contributed by atoms with Crippen LogP contribution in [0.25, 0.3) is 0 Å². The standard InChI is InChI=1S/C18H18ClN3O2/c1-11-6-7-20-10-15(11)21-18(24)14-9-16(23)22(2)17(14)12-4-3-5-13(19)8-12/h3-8,10,14,17H,9H2,1-2H3,(H,21,24)/t14-,17-/m1/s1. The molecule has 1 N–H and O–H groups in total. The Hall–Kier alpha value is -2.40. The highest BCUT2D eigenvalue weighted by Crippen LogP contribution is 2.38. The second-order valence-corrected chi connectivity index (χ2v) is 6.43. The Labute approximate surface area is 145 Å². The van der Waals surface area contributed by atoms with E-state index in [0.717, 1.165) is 11.1 Å². The molecule has 24 heavy (non-hydrogen) atoms. The molecule has 0 spiro atoms. The first-order valence-electron chi connectivity index (χ1n) is 7.70. The molecule has 0 aliphatic carbocycles. The van der Waals surface area contributed by atoms with Gasteiger partial charge >= 0.3 is 0 Å². The molecule has 2 atom stereocenters. The third kappa shape index (κ3) is 3.12. The summed E-state index contributed by atoms with van der Waals surface area (Å²) in [5.41, 5.74) is 2.45. The zero-order chi connectivity index (χ0) is 17.3. The fourth-order valence-corrected chi connectivity index (χ4v) is 3.27. The van der Waals surface area contributed by atoms with Crippen molar-refractivity contribution in [1.82, 2.24) is 9.88 Å². The molecular formula is C18H18ClN3O2. The molecule has 2 amide bonds. The fourth-order valence-electron chi connectivity index (χ4n) is 3.07. The van der Waals surface area contributed by atoms with Crippen molar-refractivity contribution in [3.63, 3.8) is 0 Å². The van der Waals surface area contributed by atoms with E-state index in [-0.39, 0.29) is 24.3 Å². The van der Waals surface area contributed by atoms with Gasteiger partial charge in [0.05, 0.1) is 23.8 Å². The van der Waals surface area contributed by atoms with Crippen LogP contribution in [-0.4, -0.2) is 28.7 Å². The first-order valence-corrected chi connectivity index (χ1v) is 8.08. The Morgan fingerprint density at radius 3 is 2.88 bits per heavy atom. The zero-order valence-corrected chi connectivity index (χ0v) is 14.2. The average Bonchev–Trinajstić information content (AvgIpc) is 2.85. The molecule has 1 aliphatic rings. The van der Waals surface area contributed by atoms with Crippen LogP contribution in [0, 0.1) is 12.8 Å². The fraction of sp³-hybridized carbons (Fsp3) is 0.278. The number of likely N-dealkylation sites (tertiary alicyclic amines) is 1. The summed E-state index contributed by atoms with van der Waals surface area (Å²) >= 11 is 6.07. The quantitative estimate of drug-likeness (QED) is 0.930. The predicted octanol–water partition coefficient (Wildman–Crippen LogP) is 3.20. The molecule has 5 nitrogen and oxygen atoms in total. The van der Waals surface area contributed by atoms with Gasteiger partial charge in [0.15, 0.2) is 0 Å². The van der Waals surface area contributed by atoms with Crippen molar-refractivity contribution in [2.45, 2.75) is 19.4 Å². The molecular weight excluding hydrogens is 326 g/mol. The van der Waals surface area contributed by atoms with Gasteiger partial charge in [-0.15, -0.1) is 0 Å². The van der Waals surface area contributed by atoms with E-state index in [1.165, 1.54) is 0 Å². The lowest BCUT2D eigenvalue weighted by Gasteiger charge is -2.25. The van der Waals surface area contributed by atoms with Crippen molar-refractivity contribution in [3.05, 3.63) is 58.9 Å². The van der Waals surface area contributed by atoms with Crippen molar-refractivity contribution in [2.24, 2.45) is 5.92 Å². The molecule has 0 unspecified atom stereocenters. The molecule has 2 heterocycles. The minimum Gasteiger partial charge on any atom is -0.338 e. The number of halogens is 1. The summed E-state index contributed by atoms with van der Waals surface area (Å²) < 4.78 is 0. The van der Waals surface area contributed by atoms with E-state index in [9.17, 15) is 9.59 Å². The van der Waals surface area contributed by atoms with Gasteiger partial charge in [-0.3, -0.25) is 14.6 Å². The van der Waals surface area contributed by atoms with Gasteiger partial charge in [0.2, 0.25) is 11.8 Å². The summed E-state index contributed by atoms with van der Waals surface area (Å²) in [6.07, 6.45) is 3.47. The van der Waals surface area contributed by atoms with Crippen LogP contribution in [-0.2, 0) is 9.59 Å². The molecule has 1 aliphatic heterocycles. The number of hydrogen-bond donors (Lipinski definition) is 1. The van der Waals surface area contributed by atoms with E-state index in [1.807, 2.05) is 25.1 Å². The number of rotatable bonds is 3. The van der Waals surface area contributed by atoms with Gasteiger partial charge in [-0.25, -0.2) is 0 Å². The zero-order valence-electron chi connectivity index (χ0n) is 13.5. The number of nitrogens with zero attached hydrogens (tertiary/aromatic N) is 2. The molecule has 1 fully saturated rings. The molecule has 0 bridgehead atoms. The van der Waals surface area contributed by atoms with Crippen LogP contribution in [0.15, 0.2) is 42.7 Å². The monoisotopic (exact) mass is 343 g/mol. The summed E-state index contributed by atoms with van der Waals surface area (Å²) in [7, 11) is 1.72. The molecule has 0 radical (unpaired) electrons. The van der Waals surface area contributed by atoms with Gasteiger partial charge in [-0.2, -0.15) is 0 Å². The van der Waals surface area contributed by atoms with E-state index in [1.54, 1.807) is 36.5 Å². The molecule has 2 aromatic rings. The maximum Gasteiger partial charge on any atom is 0.230 e. The van der Waals surface area contributed by atoms with Crippen LogP contribution in [0.4, 0.5) is 5.69 Å². The first-order chi connectivity index (χ1) is 11.5. The number of amides is 2. The summed E-state index contributed by atoms with van der Waals surface area (Å²) in [4.78, 5) is 30.6.